The van der Waals surface area contributed by atoms with Gasteiger partial charge in [-0.15, -0.1) is 11.3 Å². The summed E-state index contributed by atoms with van der Waals surface area (Å²) in [6.07, 6.45) is 0. The third-order valence-electron chi connectivity index (χ3n) is 3.10. The highest BCUT2D eigenvalue weighted by molar-refractivity contribution is 7.14. The number of halogens is 2. The number of nitro benzene ring substituents is 1. The van der Waals surface area contributed by atoms with Gasteiger partial charge in [0.25, 0.3) is 11.6 Å². The quantitative estimate of drug-likeness (QED) is 0.393. The lowest BCUT2D eigenvalue weighted by molar-refractivity contribution is -0.384. The van der Waals surface area contributed by atoms with Crippen LogP contribution in [0.2, 0.25) is 10.2 Å². The van der Waals surface area contributed by atoms with Crippen molar-refractivity contribution in [2.45, 2.75) is 0 Å². The molecule has 3 aromatic rings. The predicted molar refractivity (Wildman–Crippen MR) is 96.4 cm³/mol. The van der Waals surface area contributed by atoms with Crippen molar-refractivity contribution in [3.63, 3.8) is 0 Å². The Balaban J connectivity index is 1.82. The summed E-state index contributed by atoms with van der Waals surface area (Å²) in [5, 5.41) is 15.7. The van der Waals surface area contributed by atoms with Gasteiger partial charge in [-0.1, -0.05) is 35.3 Å². The molecule has 0 radical (unpaired) electrons. The van der Waals surface area contributed by atoms with Gasteiger partial charge >= 0.3 is 0 Å². The summed E-state index contributed by atoms with van der Waals surface area (Å²) in [5.41, 5.74) is 1.03. The Bertz CT molecular complexity index is 977. The molecule has 0 atom stereocenters. The van der Waals surface area contributed by atoms with Gasteiger partial charge in [0.05, 0.1) is 15.6 Å². The monoisotopic (exact) mass is 394 g/mol. The number of rotatable bonds is 4. The second-order valence-electron chi connectivity index (χ2n) is 4.76. The van der Waals surface area contributed by atoms with Crippen LogP contribution < -0.4 is 5.32 Å². The van der Waals surface area contributed by atoms with Crippen molar-refractivity contribution in [2.24, 2.45) is 0 Å². The molecule has 3 rings (SSSR count). The normalized spacial score (nSPS) is 10.5. The number of amides is 1. The minimum Gasteiger partial charge on any atom is -0.296 e. The molecule has 0 saturated carbocycles. The Morgan fingerprint density at radius 2 is 2.00 bits per heavy atom. The fraction of sp³-hybridized carbons (Fsp3) is 0. The maximum Gasteiger partial charge on any atom is 0.277 e. The van der Waals surface area contributed by atoms with Crippen molar-refractivity contribution < 1.29 is 9.72 Å². The van der Waals surface area contributed by atoms with E-state index in [1.165, 1.54) is 35.6 Å². The molecule has 126 valence electrons. The molecule has 0 saturated heterocycles. The number of thiazole rings is 1. The molecule has 0 bridgehead atoms. The lowest BCUT2D eigenvalue weighted by atomic mass is 10.1. The van der Waals surface area contributed by atoms with Crippen molar-refractivity contribution in [1.82, 2.24) is 9.97 Å². The van der Waals surface area contributed by atoms with Gasteiger partial charge < -0.3 is 0 Å². The summed E-state index contributed by atoms with van der Waals surface area (Å²) in [6, 6.07) is 9.03. The number of benzene rings is 1. The van der Waals surface area contributed by atoms with Gasteiger partial charge in [-0.2, -0.15) is 0 Å². The standard InChI is InChI=1S/C15H8Cl2N4O3S/c16-10-4-5-12(17)19-13(10)14(22)20-15-18-11(7-25-15)8-2-1-3-9(6-8)21(23)24/h1-7H,(H,18,20,22). The second kappa shape index (κ2) is 7.14. The van der Waals surface area contributed by atoms with Gasteiger partial charge in [0, 0.05) is 23.1 Å². The van der Waals surface area contributed by atoms with Crippen LogP contribution in [0.3, 0.4) is 0 Å². The molecule has 10 heteroatoms. The van der Waals surface area contributed by atoms with Gasteiger partial charge in [-0.25, -0.2) is 9.97 Å². The molecular weight excluding hydrogens is 387 g/mol. The van der Waals surface area contributed by atoms with E-state index < -0.39 is 10.8 Å². The average molecular weight is 395 g/mol. The third kappa shape index (κ3) is 3.93. The van der Waals surface area contributed by atoms with E-state index in [0.717, 1.165) is 0 Å². The number of nitro groups is 1. The molecular formula is C15H8Cl2N4O3S. The summed E-state index contributed by atoms with van der Waals surface area (Å²) < 4.78 is 0. The highest BCUT2D eigenvalue weighted by atomic mass is 35.5. The molecule has 2 aromatic heterocycles. The molecule has 0 aliphatic heterocycles. The first kappa shape index (κ1) is 17.3. The minimum atomic E-state index is -0.549. The number of nitrogens with one attached hydrogen (secondary N) is 1. The van der Waals surface area contributed by atoms with Gasteiger partial charge in [-0.05, 0) is 12.1 Å². The smallest absolute Gasteiger partial charge is 0.277 e. The number of carbonyl (C=O) groups excluding carboxylic acids is 1. The van der Waals surface area contributed by atoms with Crippen LogP contribution in [0.15, 0.2) is 41.8 Å². The number of non-ortho nitro benzene ring substituents is 1. The number of aromatic nitrogens is 2. The van der Waals surface area contributed by atoms with Crippen molar-refractivity contribution in [3.05, 3.63) is 67.8 Å². The number of hydrogen-bond acceptors (Lipinski definition) is 6. The molecule has 0 aliphatic carbocycles. The van der Waals surface area contributed by atoms with Crippen LogP contribution >= 0.6 is 34.5 Å². The summed E-state index contributed by atoms with van der Waals surface area (Å²) in [7, 11) is 0. The highest BCUT2D eigenvalue weighted by Crippen LogP contribution is 2.28. The molecule has 0 fully saturated rings. The van der Waals surface area contributed by atoms with E-state index in [2.05, 4.69) is 15.3 Å². The van der Waals surface area contributed by atoms with Crippen LogP contribution in [0, 0.1) is 10.1 Å². The minimum absolute atomic E-state index is 0.0127. The van der Waals surface area contributed by atoms with Crippen LogP contribution in [-0.2, 0) is 0 Å². The molecule has 0 spiro atoms. The maximum atomic E-state index is 12.2. The van der Waals surface area contributed by atoms with Gasteiger partial charge in [0.15, 0.2) is 5.13 Å². The van der Waals surface area contributed by atoms with E-state index in [1.54, 1.807) is 17.5 Å². The lowest BCUT2D eigenvalue weighted by Gasteiger charge is -2.03. The predicted octanol–water partition coefficient (Wildman–Crippen LogP) is 4.67. The SMILES string of the molecule is O=C(Nc1nc(-c2cccc([N+](=O)[O-])c2)cs1)c1nc(Cl)ccc1Cl. The zero-order valence-corrected chi connectivity index (χ0v) is 14.6. The number of nitrogens with zero attached hydrogens (tertiary/aromatic N) is 3. The lowest BCUT2D eigenvalue weighted by Crippen LogP contribution is -2.14. The van der Waals surface area contributed by atoms with Gasteiger partial charge in [-0.3, -0.25) is 20.2 Å². The van der Waals surface area contributed by atoms with Crippen LogP contribution in [0.1, 0.15) is 10.5 Å². The number of hydrogen-bond donors (Lipinski definition) is 1. The molecule has 25 heavy (non-hydrogen) atoms. The largest absolute Gasteiger partial charge is 0.296 e. The number of carbonyl (C=O) groups is 1. The van der Waals surface area contributed by atoms with E-state index >= 15 is 0 Å². The van der Waals surface area contributed by atoms with Crippen molar-refractivity contribution in [3.8, 4) is 11.3 Å². The fourth-order valence-electron chi connectivity index (χ4n) is 1.98. The Labute approximate surface area is 155 Å². The summed E-state index contributed by atoms with van der Waals surface area (Å²) >= 11 is 12.9. The van der Waals surface area contributed by atoms with Crippen molar-refractivity contribution in [1.29, 1.82) is 0 Å². The first-order chi connectivity index (χ1) is 11.9. The Morgan fingerprint density at radius 3 is 2.76 bits per heavy atom. The van der Waals surface area contributed by atoms with E-state index in [1.807, 2.05) is 0 Å². The molecule has 2 heterocycles. The van der Waals surface area contributed by atoms with Gasteiger partial charge in [0.2, 0.25) is 0 Å². The van der Waals surface area contributed by atoms with E-state index in [0.29, 0.717) is 16.4 Å². The molecule has 0 aliphatic rings. The third-order valence-corrected chi connectivity index (χ3v) is 4.38. The van der Waals surface area contributed by atoms with Crippen molar-refractivity contribution >= 4 is 51.3 Å². The van der Waals surface area contributed by atoms with Crippen LogP contribution in [-0.4, -0.2) is 20.8 Å². The number of pyridine rings is 1. The van der Waals surface area contributed by atoms with Crippen LogP contribution in [0.25, 0.3) is 11.3 Å². The Hall–Kier alpha value is -2.55. The molecule has 7 nitrogen and oxygen atoms in total. The summed E-state index contributed by atoms with van der Waals surface area (Å²) in [6.45, 7) is 0. The first-order valence-electron chi connectivity index (χ1n) is 6.78. The Morgan fingerprint density at radius 1 is 1.20 bits per heavy atom. The molecule has 1 amide bonds. The Kier molecular flexibility index (Phi) is 4.93. The molecule has 1 aromatic carbocycles. The summed E-state index contributed by atoms with van der Waals surface area (Å²) in [5.74, 6) is -0.549. The zero-order chi connectivity index (χ0) is 18.0. The topological polar surface area (TPSA) is 98.0 Å². The maximum absolute atomic E-state index is 12.2. The van der Waals surface area contributed by atoms with Crippen LogP contribution in [0.5, 0.6) is 0 Å². The van der Waals surface area contributed by atoms with Gasteiger partial charge in [0.1, 0.15) is 10.8 Å². The van der Waals surface area contributed by atoms with Crippen molar-refractivity contribution in [2.75, 3.05) is 5.32 Å². The number of anilines is 1. The van der Waals surface area contributed by atoms with E-state index in [4.69, 9.17) is 23.2 Å². The van der Waals surface area contributed by atoms with Crippen LogP contribution in [0.4, 0.5) is 10.8 Å². The molecule has 1 N–H and O–H groups in total. The van der Waals surface area contributed by atoms with E-state index in [-0.39, 0.29) is 21.6 Å². The second-order valence-corrected chi connectivity index (χ2v) is 6.42. The molecule has 0 unspecified atom stereocenters. The zero-order valence-electron chi connectivity index (χ0n) is 12.3. The van der Waals surface area contributed by atoms with E-state index in [9.17, 15) is 14.9 Å². The summed E-state index contributed by atoms with van der Waals surface area (Å²) in [4.78, 5) is 30.8. The highest BCUT2D eigenvalue weighted by Gasteiger charge is 2.16. The fourth-order valence-corrected chi connectivity index (χ4v) is 3.03. The first-order valence-corrected chi connectivity index (χ1v) is 8.41. The average Bonchev–Trinajstić information content (AvgIpc) is 3.05.